The quantitative estimate of drug-likeness (QED) is 0.839. The van der Waals surface area contributed by atoms with E-state index in [0.29, 0.717) is 5.22 Å². The monoisotopic (exact) mass is 265 g/mol. The Hall–Kier alpha value is -1.49. The summed E-state index contributed by atoms with van der Waals surface area (Å²) in [6.07, 6.45) is 0.112. The topological polar surface area (TPSA) is 63.3 Å². The molecule has 0 aliphatic carbocycles. The number of fused-ring (bicyclic) bond motifs is 1. The molecule has 1 atom stereocenters. The highest BCUT2D eigenvalue weighted by Gasteiger charge is 2.21. The van der Waals surface area contributed by atoms with Gasteiger partial charge in [-0.3, -0.25) is 4.79 Å². The van der Waals surface area contributed by atoms with Crippen LogP contribution in [0.4, 0.5) is 0 Å². The Morgan fingerprint density at radius 3 is 2.78 bits per heavy atom. The lowest BCUT2D eigenvalue weighted by molar-refractivity contribution is -0.137. The predicted molar refractivity (Wildman–Crippen MR) is 70.7 cm³/mol. The van der Waals surface area contributed by atoms with E-state index in [-0.39, 0.29) is 17.6 Å². The molecule has 4 nitrogen and oxygen atoms in total. The zero-order chi connectivity index (χ0) is 13.1. The Kier molecular flexibility index (Phi) is 3.91. The van der Waals surface area contributed by atoms with E-state index < -0.39 is 5.97 Å². The van der Waals surface area contributed by atoms with Crippen LogP contribution >= 0.6 is 11.8 Å². The second-order valence-electron chi connectivity index (χ2n) is 4.45. The van der Waals surface area contributed by atoms with E-state index in [2.05, 4.69) is 4.98 Å². The maximum atomic E-state index is 10.8. The highest BCUT2D eigenvalue weighted by molar-refractivity contribution is 7.99. The van der Waals surface area contributed by atoms with Gasteiger partial charge in [0.1, 0.15) is 5.52 Å². The van der Waals surface area contributed by atoms with Gasteiger partial charge in [0.25, 0.3) is 5.22 Å². The van der Waals surface area contributed by atoms with Crippen molar-refractivity contribution in [3.05, 3.63) is 24.3 Å². The Morgan fingerprint density at radius 1 is 1.44 bits per heavy atom. The number of nitrogens with zero attached hydrogens (tertiary/aromatic N) is 1. The molecule has 96 valence electrons. The maximum Gasteiger partial charge on any atom is 0.304 e. The van der Waals surface area contributed by atoms with Crippen molar-refractivity contribution in [2.75, 3.05) is 0 Å². The van der Waals surface area contributed by atoms with Crippen LogP contribution in [0, 0.1) is 5.92 Å². The lowest BCUT2D eigenvalue weighted by Gasteiger charge is -2.15. The number of hydrogen-bond donors (Lipinski definition) is 1. The molecule has 0 amide bonds. The molecule has 0 saturated carbocycles. The van der Waals surface area contributed by atoms with Crippen LogP contribution in [0.15, 0.2) is 33.9 Å². The summed E-state index contributed by atoms with van der Waals surface area (Å²) in [6, 6.07) is 7.52. The van der Waals surface area contributed by atoms with Crippen molar-refractivity contribution in [2.24, 2.45) is 5.92 Å². The summed E-state index contributed by atoms with van der Waals surface area (Å²) in [5, 5.41) is 9.39. The minimum absolute atomic E-state index is 0.0319. The largest absolute Gasteiger partial charge is 0.481 e. The lowest BCUT2D eigenvalue weighted by atomic mass is 10.1. The molecule has 0 fully saturated rings. The molecule has 0 aliphatic heterocycles. The molecule has 2 rings (SSSR count). The molecule has 1 aromatic carbocycles. The number of carboxylic acid groups (broad SMARTS) is 1. The number of thioether (sulfide) groups is 1. The van der Waals surface area contributed by atoms with Crippen molar-refractivity contribution >= 4 is 28.8 Å². The molecule has 0 bridgehead atoms. The Bertz CT molecular complexity index is 517. The summed E-state index contributed by atoms with van der Waals surface area (Å²) >= 11 is 1.39. The van der Waals surface area contributed by atoms with Gasteiger partial charge in [0, 0.05) is 5.25 Å². The predicted octanol–water partition coefficient (Wildman–Crippen LogP) is 3.42. The number of para-hydroxylation sites is 2. The van der Waals surface area contributed by atoms with Crippen LogP contribution in [0.1, 0.15) is 20.3 Å². The first-order valence-corrected chi connectivity index (χ1v) is 6.68. The molecular weight excluding hydrogens is 250 g/mol. The van der Waals surface area contributed by atoms with E-state index in [0.717, 1.165) is 11.1 Å². The number of oxazole rings is 1. The van der Waals surface area contributed by atoms with Crippen molar-refractivity contribution in [3.8, 4) is 0 Å². The van der Waals surface area contributed by atoms with Crippen molar-refractivity contribution in [2.45, 2.75) is 30.7 Å². The Morgan fingerprint density at radius 2 is 2.17 bits per heavy atom. The lowest BCUT2D eigenvalue weighted by Crippen LogP contribution is -2.16. The second kappa shape index (κ2) is 5.44. The minimum atomic E-state index is -0.794. The molecule has 0 spiro atoms. The van der Waals surface area contributed by atoms with Gasteiger partial charge < -0.3 is 9.52 Å². The van der Waals surface area contributed by atoms with E-state index in [1.165, 1.54) is 11.8 Å². The average Bonchev–Trinajstić information content (AvgIpc) is 2.69. The fourth-order valence-corrected chi connectivity index (χ4v) is 2.66. The number of hydrogen-bond acceptors (Lipinski definition) is 4. The normalized spacial score (nSPS) is 13.1. The standard InChI is InChI=1S/C13H15NO3S/c1-8(2)11(7-12(15)16)18-13-14-9-5-3-4-6-10(9)17-13/h3-6,8,11H,7H2,1-2H3,(H,15,16). The van der Waals surface area contributed by atoms with E-state index in [1.54, 1.807) is 0 Å². The first kappa shape index (κ1) is 13.0. The van der Waals surface area contributed by atoms with Gasteiger partial charge in [0.15, 0.2) is 5.58 Å². The summed E-state index contributed by atoms with van der Waals surface area (Å²) in [5.41, 5.74) is 1.54. The van der Waals surface area contributed by atoms with Gasteiger partial charge in [-0.15, -0.1) is 0 Å². The van der Waals surface area contributed by atoms with E-state index in [4.69, 9.17) is 9.52 Å². The summed E-state index contributed by atoms with van der Waals surface area (Å²) < 4.78 is 5.59. The Labute approximate surface area is 109 Å². The highest BCUT2D eigenvalue weighted by Crippen LogP contribution is 2.31. The molecule has 1 N–H and O–H groups in total. The van der Waals surface area contributed by atoms with Gasteiger partial charge in [-0.25, -0.2) is 4.98 Å². The molecule has 5 heteroatoms. The van der Waals surface area contributed by atoms with Crippen molar-refractivity contribution in [1.29, 1.82) is 0 Å². The summed E-state index contributed by atoms with van der Waals surface area (Å²) in [5.74, 6) is -0.543. The van der Waals surface area contributed by atoms with Crippen molar-refractivity contribution < 1.29 is 14.3 Å². The summed E-state index contributed by atoms with van der Waals surface area (Å²) in [4.78, 5) is 15.2. The van der Waals surface area contributed by atoms with Crippen LogP contribution in [0.25, 0.3) is 11.1 Å². The van der Waals surface area contributed by atoms with Crippen LogP contribution in [0.3, 0.4) is 0 Å². The first-order valence-electron chi connectivity index (χ1n) is 5.80. The summed E-state index contributed by atoms with van der Waals surface area (Å²) in [7, 11) is 0. The van der Waals surface area contributed by atoms with Crippen LogP contribution in [0.2, 0.25) is 0 Å². The van der Waals surface area contributed by atoms with E-state index in [9.17, 15) is 4.79 Å². The Balaban J connectivity index is 2.17. The van der Waals surface area contributed by atoms with Gasteiger partial charge in [0.05, 0.1) is 6.42 Å². The second-order valence-corrected chi connectivity index (χ2v) is 5.64. The molecule has 0 aliphatic rings. The fraction of sp³-hybridized carbons (Fsp3) is 0.385. The van der Waals surface area contributed by atoms with E-state index >= 15 is 0 Å². The molecule has 0 radical (unpaired) electrons. The SMILES string of the molecule is CC(C)C(CC(=O)O)Sc1nc2ccccc2o1. The van der Waals surface area contributed by atoms with Crippen molar-refractivity contribution in [1.82, 2.24) is 4.98 Å². The van der Waals surface area contributed by atoms with Crippen LogP contribution in [-0.4, -0.2) is 21.3 Å². The number of rotatable bonds is 5. The van der Waals surface area contributed by atoms with Gasteiger partial charge in [-0.2, -0.15) is 0 Å². The number of aliphatic carboxylic acids is 1. The van der Waals surface area contributed by atoms with Gasteiger partial charge >= 0.3 is 5.97 Å². The van der Waals surface area contributed by atoms with Crippen LogP contribution < -0.4 is 0 Å². The zero-order valence-corrected chi connectivity index (χ0v) is 11.1. The first-order chi connectivity index (χ1) is 8.56. The van der Waals surface area contributed by atoms with Crippen LogP contribution in [0.5, 0.6) is 0 Å². The molecule has 2 aromatic rings. The molecule has 1 unspecified atom stereocenters. The number of carbonyl (C=O) groups is 1. The number of aromatic nitrogens is 1. The third-order valence-electron chi connectivity index (χ3n) is 2.65. The third-order valence-corrected chi connectivity index (χ3v) is 4.04. The molecule has 1 heterocycles. The average molecular weight is 265 g/mol. The third kappa shape index (κ3) is 3.04. The minimum Gasteiger partial charge on any atom is -0.481 e. The maximum absolute atomic E-state index is 10.8. The zero-order valence-electron chi connectivity index (χ0n) is 10.3. The summed E-state index contributed by atoms with van der Waals surface area (Å²) in [6.45, 7) is 4.01. The molecule has 1 aromatic heterocycles. The highest BCUT2D eigenvalue weighted by atomic mass is 32.2. The molecule has 18 heavy (non-hydrogen) atoms. The van der Waals surface area contributed by atoms with Crippen molar-refractivity contribution in [3.63, 3.8) is 0 Å². The number of carboxylic acids is 1. The van der Waals surface area contributed by atoms with Gasteiger partial charge in [0.2, 0.25) is 0 Å². The van der Waals surface area contributed by atoms with Crippen LogP contribution in [-0.2, 0) is 4.79 Å². The smallest absolute Gasteiger partial charge is 0.304 e. The molecular formula is C13H15NO3S. The fourth-order valence-electron chi connectivity index (χ4n) is 1.62. The molecule has 0 saturated heterocycles. The number of benzene rings is 1. The van der Waals surface area contributed by atoms with Gasteiger partial charge in [-0.1, -0.05) is 37.7 Å². The van der Waals surface area contributed by atoms with Gasteiger partial charge in [-0.05, 0) is 18.1 Å². The van der Waals surface area contributed by atoms with E-state index in [1.807, 2.05) is 38.1 Å².